The van der Waals surface area contributed by atoms with Crippen LogP contribution in [-0.2, 0) is 17.8 Å². The molecule has 3 nitrogen and oxygen atoms in total. The van der Waals surface area contributed by atoms with E-state index in [-0.39, 0.29) is 6.42 Å². The van der Waals surface area contributed by atoms with Gasteiger partial charge in [0.25, 0.3) is 0 Å². The summed E-state index contributed by atoms with van der Waals surface area (Å²) in [4.78, 5) is 10.7. The molecular formula is C27H26O3. The summed E-state index contributed by atoms with van der Waals surface area (Å²) in [5.41, 5.74) is 5.46. The van der Waals surface area contributed by atoms with Crippen molar-refractivity contribution in [1.29, 1.82) is 0 Å². The minimum Gasteiger partial charge on any atom is -0.489 e. The number of carbonyl (C=O) groups is 1. The van der Waals surface area contributed by atoms with Crippen molar-refractivity contribution >= 4 is 11.5 Å². The molecule has 0 aromatic heterocycles. The fourth-order valence-corrected chi connectivity index (χ4v) is 3.11. The van der Waals surface area contributed by atoms with Crippen LogP contribution in [0, 0.1) is 0 Å². The first-order valence-electron chi connectivity index (χ1n) is 10.0. The zero-order valence-electron chi connectivity index (χ0n) is 17.0. The lowest BCUT2D eigenvalue weighted by atomic mass is 9.99. The molecule has 30 heavy (non-hydrogen) atoms. The Bertz CT molecular complexity index is 1000. The Hall–Kier alpha value is -3.59. The Kier molecular flexibility index (Phi) is 7.62. The Morgan fingerprint density at radius 3 is 2.60 bits per heavy atom. The molecule has 0 heterocycles. The third-order valence-electron chi connectivity index (χ3n) is 4.76. The van der Waals surface area contributed by atoms with E-state index in [1.54, 1.807) is 0 Å². The van der Waals surface area contributed by atoms with Gasteiger partial charge in [-0.2, -0.15) is 0 Å². The van der Waals surface area contributed by atoms with E-state index in [4.69, 9.17) is 9.84 Å². The van der Waals surface area contributed by atoms with Crippen LogP contribution in [0.25, 0.3) is 5.57 Å². The van der Waals surface area contributed by atoms with Crippen LogP contribution < -0.4 is 4.74 Å². The number of aliphatic carboxylic acids is 1. The van der Waals surface area contributed by atoms with E-state index in [0.717, 1.165) is 28.9 Å². The number of aryl methyl sites for hydroxylation is 1. The molecule has 2 aromatic rings. The summed E-state index contributed by atoms with van der Waals surface area (Å²) >= 11 is 0. The zero-order chi connectivity index (χ0) is 21.2. The highest BCUT2D eigenvalue weighted by atomic mass is 16.5. The SMILES string of the molecule is C=C1C=C/C=C(/c2cccc(COc3ccc(CCC(=O)O)cc3)c2)C/C=C\C=C/1. The van der Waals surface area contributed by atoms with E-state index in [0.29, 0.717) is 13.0 Å². The number of hydrogen-bond acceptors (Lipinski definition) is 2. The lowest BCUT2D eigenvalue weighted by molar-refractivity contribution is -0.136. The highest BCUT2D eigenvalue weighted by molar-refractivity contribution is 5.69. The highest BCUT2D eigenvalue weighted by Crippen LogP contribution is 2.22. The predicted octanol–water partition coefficient (Wildman–Crippen LogP) is 6.29. The van der Waals surface area contributed by atoms with Crippen LogP contribution in [-0.4, -0.2) is 11.1 Å². The topological polar surface area (TPSA) is 46.5 Å². The quantitative estimate of drug-likeness (QED) is 0.596. The Morgan fingerprint density at radius 2 is 1.80 bits per heavy atom. The molecule has 1 N–H and O–H groups in total. The van der Waals surface area contributed by atoms with Crippen LogP contribution >= 0.6 is 0 Å². The van der Waals surface area contributed by atoms with Crippen LogP contribution in [0.15, 0.2) is 103 Å². The highest BCUT2D eigenvalue weighted by Gasteiger charge is 2.04. The molecule has 0 saturated heterocycles. The number of carboxylic acid groups (broad SMARTS) is 1. The molecule has 3 rings (SSSR count). The molecular weight excluding hydrogens is 372 g/mol. The summed E-state index contributed by atoms with van der Waals surface area (Å²) in [6.45, 7) is 4.47. The van der Waals surface area contributed by atoms with Gasteiger partial charge >= 0.3 is 5.97 Å². The molecule has 0 amide bonds. The van der Waals surface area contributed by atoms with Gasteiger partial charge in [0.05, 0.1) is 0 Å². The average Bonchev–Trinajstić information content (AvgIpc) is 2.76. The van der Waals surface area contributed by atoms with Crippen molar-refractivity contribution in [2.45, 2.75) is 25.9 Å². The molecule has 0 aliphatic heterocycles. The summed E-state index contributed by atoms with van der Waals surface area (Å²) in [7, 11) is 0. The first-order chi connectivity index (χ1) is 14.6. The van der Waals surface area contributed by atoms with Gasteiger partial charge in [-0.05, 0) is 58.9 Å². The number of ether oxygens (including phenoxy) is 1. The maximum atomic E-state index is 10.7. The Labute approximate surface area is 178 Å². The number of rotatable bonds is 7. The first kappa shape index (κ1) is 21.1. The van der Waals surface area contributed by atoms with Crippen LogP contribution in [0.2, 0.25) is 0 Å². The molecule has 0 fully saturated rings. The van der Waals surface area contributed by atoms with Crippen molar-refractivity contribution in [3.63, 3.8) is 0 Å². The van der Waals surface area contributed by atoms with Gasteiger partial charge in [0.2, 0.25) is 0 Å². The molecule has 0 spiro atoms. The average molecular weight is 399 g/mol. The Morgan fingerprint density at radius 1 is 1.00 bits per heavy atom. The van der Waals surface area contributed by atoms with Gasteiger partial charge in [0, 0.05) is 6.42 Å². The van der Waals surface area contributed by atoms with Crippen molar-refractivity contribution in [2.24, 2.45) is 0 Å². The number of benzene rings is 2. The van der Waals surface area contributed by atoms with Gasteiger partial charge in [-0.25, -0.2) is 0 Å². The molecule has 0 atom stereocenters. The van der Waals surface area contributed by atoms with E-state index in [1.807, 2.05) is 54.6 Å². The lowest BCUT2D eigenvalue weighted by Gasteiger charge is -2.10. The number of allylic oxidation sites excluding steroid dienone is 9. The third kappa shape index (κ3) is 6.78. The van der Waals surface area contributed by atoms with Gasteiger partial charge in [-0.1, -0.05) is 79.4 Å². The maximum Gasteiger partial charge on any atom is 0.303 e. The number of hydrogen-bond donors (Lipinski definition) is 1. The Balaban J connectivity index is 1.65. The minimum absolute atomic E-state index is 0.137. The monoisotopic (exact) mass is 398 g/mol. The smallest absolute Gasteiger partial charge is 0.303 e. The van der Waals surface area contributed by atoms with E-state index in [9.17, 15) is 4.79 Å². The summed E-state index contributed by atoms with van der Waals surface area (Å²) in [5.74, 6) is -0.0123. The largest absolute Gasteiger partial charge is 0.489 e. The van der Waals surface area contributed by atoms with Gasteiger partial charge in [-0.15, -0.1) is 0 Å². The van der Waals surface area contributed by atoms with Crippen molar-refractivity contribution < 1.29 is 14.6 Å². The standard InChI is InChI=1S/C27H26O3/c1-21-7-3-2-4-10-24(11-5-8-21)25-12-6-9-23(19-25)20-30-26-16-13-22(14-17-26)15-18-27(28)29/h2-9,11-14,16-17,19H,1,10,15,18,20H2,(H,28,29)/b4-2-,7-3-,8-5?,24-11+. The van der Waals surface area contributed by atoms with Crippen LogP contribution in [0.1, 0.15) is 29.5 Å². The fraction of sp³-hybridized carbons (Fsp3) is 0.148. The van der Waals surface area contributed by atoms with Gasteiger partial charge in [0.15, 0.2) is 0 Å². The molecule has 1 aliphatic carbocycles. The van der Waals surface area contributed by atoms with Crippen molar-refractivity contribution in [3.8, 4) is 5.75 Å². The second-order valence-corrected chi connectivity index (χ2v) is 7.14. The molecule has 3 heteroatoms. The second-order valence-electron chi connectivity index (χ2n) is 7.14. The molecule has 152 valence electrons. The minimum atomic E-state index is -0.784. The molecule has 1 aliphatic rings. The van der Waals surface area contributed by atoms with E-state index < -0.39 is 5.97 Å². The van der Waals surface area contributed by atoms with E-state index in [1.165, 1.54) is 11.1 Å². The van der Waals surface area contributed by atoms with Crippen molar-refractivity contribution in [3.05, 3.63) is 120 Å². The maximum absolute atomic E-state index is 10.7. The first-order valence-corrected chi connectivity index (χ1v) is 10.0. The van der Waals surface area contributed by atoms with Gasteiger partial charge in [0.1, 0.15) is 12.4 Å². The second kappa shape index (κ2) is 10.8. The molecule has 0 saturated carbocycles. The van der Waals surface area contributed by atoms with E-state index in [2.05, 4.69) is 43.0 Å². The molecule has 0 bridgehead atoms. The summed E-state index contributed by atoms with van der Waals surface area (Å²) in [6.07, 6.45) is 15.9. The molecule has 2 aromatic carbocycles. The van der Waals surface area contributed by atoms with Crippen molar-refractivity contribution in [2.75, 3.05) is 0 Å². The summed E-state index contributed by atoms with van der Waals surface area (Å²) in [6, 6.07) is 16.0. The molecule has 0 unspecified atom stereocenters. The van der Waals surface area contributed by atoms with Gasteiger partial charge in [-0.3, -0.25) is 4.79 Å². The van der Waals surface area contributed by atoms with Gasteiger partial charge < -0.3 is 9.84 Å². The zero-order valence-corrected chi connectivity index (χ0v) is 17.0. The lowest BCUT2D eigenvalue weighted by Crippen LogP contribution is -1.98. The third-order valence-corrected chi connectivity index (χ3v) is 4.76. The fourth-order valence-electron chi connectivity index (χ4n) is 3.11. The summed E-state index contributed by atoms with van der Waals surface area (Å²) in [5, 5.41) is 8.78. The van der Waals surface area contributed by atoms with E-state index >= 15 is 0 Å². The van der Waals surface area contributed by atoms with Crippen LogP contribution in [0.3, 0.4) is 0 Å². The predicted molar refractivity (Wildman–Crippen MR) is 122 cm³/mol. The normalized spacial score (nSPS) is 17.6. The van der Waals surface area contributed by atoms with Crippen LogP contribution in [0.5, 0.6) is 5.75 Å². The van der Waals surface area contributed by atoms with Crippen LogP contribution in [0.4, 0.5) is 0 Å². The van der Waals surface area contributed by atoms with Crippen molar-refractivity contribution in [1.82, 2.24) is 0 Å². The summed E-state index contributed by atoms with van der Waals surface area (Å²) < 4.78 is 5.93. The molecule has 0 radical (unpaired) electrons. The number of carboxylic acids is 1.